The Kier molecular flexibility index (Phi) is 6.64. The molecule has 150 valence electrons. The highest BCUT2D eigenvalue weighted by atomic mass is 35.5. The summed E-state index contributed by atoms with van der Waals surface area (Å²) in [5.74, 6) is -1.12. The number of hydrogen-bond acceptors (Lipinski definition) is 3. The van der Waals surface area contributed by atoms with Crippen molar-refractivity contribution in [3.05, 3.63) is 95.3 Å². The Morgan fingerprint density at radius 1 is 0.931 bits per heavy atom. The molecule has 0 aromatic heterocycles. The molecule has 1 amide bonds. The third-order valence-electron chi connectivity index (χ3n) is 4.15. The van der Waals surface area contributed by atoms with Gasteiger partial charge in [-0.1, -0.05) is 54.1 Å². The molecule has 0 aliphatic rings. The third-order valence-corrected chi connectivity index (χ3v) is 5.97. The van der Waals surface area contributed by atoms with E-state index in [1.165, 1.54) is 0 Å². The molecule has 0 radical (unpaired) electrons. The lowest BCUT2D eigenvalue weighted by Gasteiger charge is -2.19. The zero-order valence-corrected chi connectivity index (χ0v) is 16.8. The molecule has 2 N–H and O–H groups in total. The van der Waals surface area contributed by atoms with Crippen molar-refractivity contribution in [2.45, 2.75) is 17.4 Å². The van der Waals surface area contributed by atoms with Gasteiger partial charge in [-0.3, -0.25) is 4.79 Å². The minimum absolute atomic E-state index is 0.123. The van der Waals surface area contributed by atoms with Gasteiger partial charge in [0.15, 0.2) is 0 Å². The van der Waals surface area contributed by atoms with Crippen LogP contribution in [0.15, 0.2) is 83.8 Å². The lowest BCUT2D eigenvalue weighted by molar-refractivity contribution is -0.117. The van der Waals surface area contributed by atoms with E-state index < -0.39 is 27.8 Å². The topological polar surface area (TPSA) is 75.3 Å². The van der Waals surface area contributed by atoms with E-state index in [9.17, 15) is 17.6 Å². The summed E-state index contributed by atoms with van der Waals surface area (Å²) in [6, 6.07) is 18.9. The van der Waals surface area contributed by atoms with Crippen molar-refractivity contribution in [2.24, 2.45) is 0 Å². The van der Waals surface area contributed by atoms with E-state index in [0.29, 0.717) is 10.7 Å². The Hall–Kier alpha value is -2.74. The highest BCUT2D eigenvalue weighted by molar-refractivity contribution is 7.89. The van der Waals surface area contributed by atoms with Crippen LogP contribution >= 0.6 is 11.6 Å². The summed E-state index contributed by atoms with van der Waals surface area (Å²) in [6.45, 7) is 0. The van der Waals surface area contributed by atoms with Gasteiger partial charge in [0.25, 0.3) is 0 Å². The van der Waals surface area contributed by atoms with Gasteiger partial charge in [0.05, 0.1) is 15.6 Å². The number of rotatable bonds is 7. The second-order valence-corrected chi connectivity index (χ2v) is 8.41. The average molecular weight is 433 g/mol. The Labute approximate surface area is 173 Å². The van der Waals surface area contributed by atoms with Crippen LogP contribution in [0.4, 0.5) is 10.1 Å². The fourth-order valence-electron chi connectivity index (χ4n) is 2.69. The molecule has 29 heavy (non-hydrogen) atoms. The SMILES string of the molecule is O=C(Nc1ccccc1Cl)C(Cc1ccccc1)NS(=O)(=O)c1ccc(F)cc1. The zero-order chi connectivity index (χ0) is 20.9. The van der Waals surface area contributed by atoms with Crippen molar-refractivity contribution >= 4 is 33.2 Å². The zero-order valence-electron chi connectivity index (χ0n) is 15.2. The number of amides is 1. The van der Waals surface area contributed by atoms with Crippen molar-refractivity contribution < 1.29 is 17.6 Å². The fraction of sp³-hybridized carbons (Fsp3) is 0.0952. The number of sulfonamides is 1. The Morgan fingerprint density at radius 3 is 2.21 bits per heavy atom. The van der Waals surface area contributed by atoms with E-state index in [4.69, 9.17) is 11.6 Å². The normalized spacial score (nSPS) is 12.3. The average Bonchev–Trinajstić information content (AvgIpc) is 2.70. The van der Waals surface area contributed by atoms with Crippen LogP contribution in [0.1, 0.15) is 5.56 Å². The Bertz CT molecular complexity index is 1090. The first-order chi connectivity index (χ1) is 13.8. The summed E-state index contributed by atoms with van der Waals surface area (Å²) < 4.78 is 41.0. The number of carbonyl (C=O) groups is 1. The molecular weight excluding hydrogens is 415 g/mol. The van der Waals surface area contributed by atoms with Gasteiger partial charge in [-0.25, -0.2) is 12.8 Å². The van der Waals surface area contributed by atoms with Crippen LogP contribution in [-0.4, -0.2) is 20.4 Å². The van der Waals surface area contributed by atoms with Gasteiger partial charge < -0.3 is 5.32 Å². The standard InChI is InChI=1S/C21H18ClFN2O3S/c22-18-8-4-5-9-19(18)24-21(26)20(14-15-6-2-1-3-7-15)25-29(27,28)17-12-10-16(23)11-13-17/h1-13,20,25H,14H2,(H,24,26). The number of nitrogens with one attached hydrogen (secondary N) is 2. The number of benzene rings is 3. The molecule has 3 rings (SSSR count). The summed E-state index contributed by atoms with van der Waals surface area (Å²) in [5.41, 5.74) is 1.15. The summed E-state index contributed by atoms with van der Waals surface area (Å²) >= 11 is 6.09. The molecule has 0 spiro atoms. The van der Waals surface area contributed by atoms with Gasteiger partial charge in [-0.05, 0) is 48.4 Å². The molecule has 0 aliphatic carbocycles. The molecule has 0 aliphatic heterocycles. The van der Waals surface area contributed by atoms with Gasteiger partial charge in [0.1, 0.15) is 11.9 Å². The molecule has 3 aromatic carbocycles. The van der Waals surface area contributed by atoms with Gasteiger partial charge in [-0.2, -0.15) is 4.72 Å². The molecule has 1 unspecified atom stereocenters. The quantitative estimate of drug-likeness (QED) is 0.592. The highest BCUT2D eigenvalue weighted by Crippen LogP contribution is 2.21. The lowest BCUT2D eigenvalue weighted by Crippen LogP contribution is -2.45. The molecule has 0 fully saturated rings. The first-order valence-electron chi connectivity index (χ1n) is 8.72. The van der Waals surface area contributed by atoms with E-state index in [0.717, 1.165) is 29.8 Å². The molecule has 1 atom stereocenters. The number of anilines is 1. The highest BCUT2D eigenvalue weighted by Gasteiger charge is 2.26. The van der Waals surface area contributed by atoms with Crippen molar-refractivity contribution in [1.82, 2.24) is 4.72 Å². The van der Waals surface area contributed by atoms with Crippen LogP contribution in [0.25, 0.3) is 0 Å². The van der Waals surface area contributed by atoms with Gasteiger partial charge >= 0.3 is 0 Å². The number of carbonyl (C=O) groups excluding carboxylic acids is 1. The number of hydrogen-bond donors (Lipinski definition) is 2. The number of para-hydroxylation sites is 1. The van der Waals surface area contributed by atoms with Crippen molar-refractivity contribution in [2.75, 3.05) is 5.32 Å². The number of halogens is 2. The monoisotopic (exact) mass is 432 g/mol. The van der Waals surface area contributed by atoms with E-state index in [1.54, 1.807) is 48.5 Å². The van der Waals surface area contributed by atoms with Crippen molar-refractivity contribution in [3.8, 4) is 0 Å². The Balaban J connectivity index is 1.87. The van der Waals surface area contributed by atoms with Crippen LogP contribution in [-0.2, 0) is 21.2 Å². The summed E-state index contributed by atoms with van der Waals surface area (Å²) in [6.07, 6.45) is 0.123. The van der Waals surface area contributed by atoms with Crippen molar-refractivity contribution in [1.29, 1.82) is 0 Å². The molecule has 0 saturated heterocycles. The van der Waals surface area contributed by atoms with E-state index in [2.05, 4.69) is 10.0 Å². The largest absolute Gasteiger partial charge is 0.323 e. The molecule has 0 saturated carbocycles. The smallest absolute Gasteiger partial charge is 0.242 e. The predicted octanol–water partition coefficient (Wildman–Crippen LogP) is 4.01. The summed E-state index contributed by atoms with van der Waals surface area (Å²) in [7, 11) is -4.05. The first-order valence-corrected chi connectivity index (χ1v) is 10.6. The van der Waals surface area contributed by atoms with E-state index in [-0.39, 0.29) is 11.3 Å². The fourth-order valence-corrected chi connectivity index (χ4v) is 4.07. The van der Waals surface area contributed by atoms with Gasteiger partial charge in [-0.15, -0.1) is 0 Å². The van der Waals surface area contributed by atoms with Crippen molar-refractivity contribution in [3.63, 3.8) is 0 Å². The maximum atomic E-state index is 13.1. The molecule has 3 aromatic rings. The second kappa shape index (κ2) is 9.17. The molecular formula is C21H18ClFN2O3S. The maximum absolute atomic E-state index is 13.1. The third kappa shape index (κ3) is 5.63. The Morgan fingerprint density at radius 2 is 1.55 bits per heavy atom. The van der Waals surface area contributed by atoms with Crippen LogP contribution in [0.3, 0.4) is 0 Å². The molecule has 8 heteroatoms. The van der Waals surface area contributed by atoms with Gasteiger partial charge in [0.2, 0.25) is 15.9 Å². The first kappa shape index (κ1) is 21.0. The lowest BCUT2D eigenvalue weighted by atomic mass is 10.1. The molecule has 0 bridgehead atoms. The summed E-state index contributed by atoms with van der Waals surface area (Å²) in [5, 5.41) is 2.99. The van der Waals surface area contributed by atoms with E-state index >= 15 is 0 Å². The van der Waals surface area contributed by atoms with Crippen LogP contribution < -0.4 is 10.0 Å². The maximum Gasteiger partial charge on any atom is 0.242 e. The molecule has 5 nitrogen and oxygen atoms in total. The van der Waals surface area contributed by atoms with Crippen LogP contribution in [0.2, 0.25) is 5.02 Å². The summed E-state index contributed by atoms with van der Waals surface area (Å²) in [4.78, 5) is 12.7. The minimum atomic E-state index is -4.05. The second-order valence-electron chi connectivity index (χ2n) is 6.29. The predicted molar refractivity (Wildman–Crippen MR) is 111 cm³/mol. The van der Waals surface area contributed by atoms with Gasteiger partial charge in [0, 0.05) is 0 Å². The minimum Gasteiger partial charge on any atom is -0.323 e. The van der Waals surface area contributed by atoms with E-state index in [1.807, 2.05) is 6.07 Å². The molecule has 0 heterocycles. The van der Waals surface area contributed by atoms with Crippen LogP contribution in [0.5, 0.6) is 0 Å². The van der Waals surface area contributed by atoms with Crippen LogP contribution in [0, 0.1) is 5.82 Å².